The van der Waals surface area contributed by atoms with E-state index in [1.54, 1.807) is 11.7 Å². The molecule has 4 nitrogen and oxygen atoms in total. The topological polar surface area (TPSA) is 39.9 Å². The van der Waals surface area contributed by atoms with E-state index in [2.05, 4.69) is 10.1 Å². The molecule has 0 saturated heterocycles. The van der Waals surface area contributed by atoms with E-state index in [4.69, 9.17) is 16.3 Å². The maximum absolute atomic E-state index is 12.6. The van der Waals surface area contributed by atoms with Crippen molar-refractivity contribution in [3.8, 4) is 5.75 Å². The van der Waals surface area contributed by atoms with Gasteiger partial charge in [-0.25, -0.2) is 4.98 Å². The average molecular weight is 256 g/mol. The molecule has 0 aliphatic rings. The Morgan fingerprint density at radius 3 is 2.76 bits per heavy atom. The number of nitrogens with zero attached hydrogens (tertiary/aromatic N) is 3. The summed E-state index contributed by atoms with van der Waals surface area (Å²) in [5.41, 5.74) is 1.53. The molecule has 0 saturated carbocycles. The van der Waals surface area contributed by atoms with Gasteiger partial charge in [-0.1, -0.05) is 11.6 Å². The largest absolute Gasteiger partial charge is 0.486 e. The first kappa shape index (κ1) is 11.9. The van der Waals surface area contributed by atoms with Crippen LogP contribution in [0.2, 0.25) is 5.02 Å². The van der Waals surface area contributed by atoms with Crippen LogP contribution in [0.1, 0.15) is 11.4 Å². The highest BCUT2D eigenvalue weighted by atomic mass is 35.5. The number of pyridine rings is 1. The lowest BCUT2D eigenvalue weighted by molar-refractivity contribution is 0.293. The molecular formula is C11H11ClFN3O. The van der Waals surface area contributed by atoms with Crippen LogP contribution < -0.4 is 4.74 Å². The number of aromatic nitrogens is 3. The van der Waals surface area contributed by atoms with E-state index >= 15 is 0 Å². The van der Waals surface area contributed by atoms with Crippen molar-refractivity contribution in [2.75, 3.05) is 0 Å². The van der Waals surface area contributed by atoms with Crippen molar-refractivity contribution in [2.24, 2.45) is 7.05 Å². The highest BCUT2D eigenvalue weighted by Gasteiger charge is 2.11. The van der Waals surface area contributed by atoms with Crippen LogP contribution >= 0.6 is 11.6 Å². The van der Waals surface area contributed by atoms with Gasteiger partial charge in [0.05, 0.1) is 22.6 Å². The minimum Gasteiger partial charge on any atom is -0.486 e. The Morgan fingerprint density at radius 2 is 2.24 bits per heavy atom. The first-order chi connectivity index (χ1) is 8.08. The molecule has 17 heavy (non-hydrogen) atoms. The zero-order chi connectivity index (χ0) is 12.4. The number of ether oxygens (including phenoxy) is 1. The molecule has 0 unspecified atom stereocenters. The number of hydrogen-bond donors (Lipinski definition) is 0. The molecule has 0 atom stereocenters. The summed E-state index contributed by atoms with van der Waals surface area (Å²) in [5, 5.41) is 4.75. The van der Waals surface area contributed by atoms with Gasteiger partial charge in [0.25, 0.3) is 0 Å². The van der Waals surface area contributed by atoms with Gasteiger partial charge in [0, 0.05) is 7.05 Å². The highest BCUT2D eigenvalue weighted by molar-refractivity contribution is 6.31. The Labute approximate surface area is 103 Å². The van der Waals surface area contributed by atoms with E-state index in [9.17, 15) is 4.39 Å². The second-order valence-corrected chi connectivity index (χ2v) is 3.95. The number of aryl methyl sites for hydroxylation is 2. The number of hydrogen-bond acceptors (Lipinski definition) is 3. The Hall–Kier alpha value is -1.62. The van der Waals surface area contributed by atoms with E-state index in [0.717, 1.165) is 11.4 Å². The molecule has 0 amide bonds. The van der Waals surface area contributed by atoms with Crippen LogP contribution in [0, 0.1) is 12.9 Å². The summed E-state index contributed by atoms with van der Waals surface area (Å²) in [7, 11) is 1.79. The minimum absolute atomic E-state index is 0.267. The summed E-state index contributed by atoms with van der Waals surface area (Å²) in [6, 6.07) is 2.75. The van der Waals surface area contributed by atoms with Gasteiger partial charge in [0.1, 0.15) is 12.4 Å². The molecule has 0 fully saturated rings. The van der Waals surface area contributed by atoms with E-state index < -0.39 is 5.95 Å². The van der Waals surface area contributed by atoms with Crippen molar-refractivity contribution >= 4 is 11.6 Å². The molecule has 0 N–H and O–H groups in total. The van der Waals surface area contributed by atoms with Crippen molar-refractivity contribution in [1.82, 2.24) is 14.8 Å². The molecule has 2 rings (SSSR count). The van der Waals surface area contributed by atoms with Gasteiger partial charge in [-0.3, -0.25) is 4.68 Å². The first-order valence-electron chi connectivity index (χ1n) is 5.00. The Balaban J connectivity index is 2.09. The van der Waals surface area contributed by atoms with Crippen molar-refractivity contribution in [3.05, 3.63) is 40.7 Å². The Bertz CT molecular complexity index is 524. The normalized spacial score (nSPS) is 10.6. The van der Waals surface area contributed by atoms with E-state index in [0.29, 0.717) is 10.8 Å². The summed E-state index contributed by atoms with van der Waals surface area (Å²) < 4.78 is 19.7. The van der Waals surface area contributed by atoms with E-state index in [-0.39, 0.29) is 6.61 Å². The van der Waals surface area contributed by atoms with Gasteiger partial charge in [-0.2, -0.15) is 9.49 Å². The van der Waals surface area contributed by atoms with E-state index in [1.165, 1.54) is 18.3 Å². The first-order valence-corrected chi connectivity index (χ1v) is 5.38. The molecule has 6 heteroatoms. The fraction of sp³-hybridized carbons (Fsp3) is 0.273. The van der Waals surface area contributed by atoms with Crippen molar-refractivity contribution in [3.63, 3.8) is 0 Å². The fourth-order valence-electron chi connectivity index (χ4n) is 1.44. The lowest BCUT2D eigenvalue weighted by atomic mass is 10.4. The van der Waals surface area contributed by atoms with Crippen LogP contribution in [0.3, 0.4) is 0 Å². The van der Waals surface area contributed by atoms with Crippen LogP contribution in [0.5, 0.6) is 5.75 Å². The molecule has 2 aromatic heterocycles. The number of halogens is 2. The predicted octanol–water partition coefficient (Wildman–Crippen LogP) is 2.50. The molecule has 0 aromatic carbocycles. The molecular weight excluding hydrogens is 245 g/mol. The molecule has 90 valence electrons. The summed E-state index contributed by atoms with van der Waals surface area (Å²) in [4.78, 5) is 3.49. The molecule has 0 spiro atoms. The molecule has 0 radical (unpaired) electrons. The second-order valence-electron chi connectivity index (χ2n) is 3.57. The fourth-order valence-corrected chi connectivity index (χ4v) is 1.65. The molecule has 0 aliphatic carbocycles. The molecule has 0 bridgehead atoms. The van der Waals surface area contributed by atoms with Crippen molar-refractivity contribution < 1.29 is 9.13 Å². The summed E-state index contributed by atoms with van der Waals surface area (Å²) >= 11 is 6.07. The Morgan fingerprint density at radius 1 is 1.47 bits per heavy atom. The average Bonchev–Trinajstić information content (AvgIpc) is 2.54. The third kappa shape index (κ3) is 2.55. The minimum atomic E-state index is -0.535. The van der Waals surface area contributed by atoms with Gasteiger partial charge in [-0.05, 0) is 19.1 Å². The van der Waals surface area contributed by atoms with Crippen LogP contribution in [0.4, 0.5) is 4.39 Å². The van der Waals surface area contributed by atoms with Gasteiger partial charge in [-0.15, -0.1) is 0 Å². The maximum atomic E-state index is 12.6. The van der Waals surface area contributed by atoms with Gasteiger partial charge in [0.15, 0.2) is 0 Å². The summed E-state index contributed by atoms with van der Waals surface area (Å²) in [5.74, 6) is -0.0481. The molecule has 2 aromatic rings. The summed E-state index contributed by atoms with van der Waals surface area (Å²) in [6.45, 7) is 2.09. The lowest BCUT2D eigenvalue weighted by Gasteiger charge is -2.06. The highest BCUT2D eigenvalue weighted by Crippen LogP contribution is 2.21. The quantitative estimate of drug-likeness (QED) is 0.791. The third-order valence-electron chi connectivity index (χ3n) is 2.34. The SMILES string of the molecule is Cc1nn(C)c(COc2ccc(F)nc2)c1Cl. The predicted molar refractivity (Wildman–Crippen MR) is 61.5 cm³/mol. The van der Waals surface area contributed by atoms with Gasteiger partial charge in [0.2, 0.25) is 5.95 Å². The maximum Gasteiger partial charge on any atom is 0.213 e. The monoisotopic (exact) mass is 255 g/mol. The van der Waals surface area contributed by atoms with Gasteiger partial charge < -0.3 is 4.74 Å². The van der Waals surface area contributed by atoms with Crippen LogP contribution in [-0.4, -0.2) is 14.8 Å². The van der Waals surface area contributed by atoms with E-state index in [1.807, 2.05) is 6.92 Å². The third-order valence-corrected chi connectivity index (χ3v) is 2.83. The smallest absolute Gasteiger partial charge is 0.213 e. The molecule has 0 aliphatic heterocycles. The Kier molecular flexibility index (Phi) is 3.28. The number of rotatable bonds is 3. The zero-order valence-corrected chi connectivity index (χ0v) is 10.2. The van der Waals surface area contributed by atoms with Gasteiger partial charge >= 0.3 is 0 Å². The zero-order valence-electron chi connectivity index (χ0n) is 9.44. The standard InChI is InChI=1S/C11H11ClFN3O/c1-7-11(12)9(16(2)15-7)6-17-8-3-4-10(13)14-5-8/h3-5H,6H2,1-2H3. The van der Waals surface area contributed by atoms with Crippen LogP contribution in [0.25, 0.3) is 0 Å². The van der Waals surface area contributed by atoms with Crippen molar-refractivity contribution in [2.45, 2.75) is 13.5 Å². The van der Waals surface area contributed by atoms with Crippen molar-refractivity contribution in [1.29, 1.82) is 0 Å². The summed E-state index contributed by atoms with van der Waals surface area (Å²) in [6.07, 6.45) is 1.33. The lowest BCUT2D eigenvalue weighted by Crippen LogP contribution is -2.03. The molecule has 2 heterocycles. The van der Waals surface area contributed by atoms with Crippen LogP contribution in [-0.2, 0) is 13.7 Å². The van der Waals surface area contributed by atoms with Crippen LogP contribution in [0.15, 0.2) is 18.3 Å². The second kappa shape index (κ2) is 4.71.